The monoisotopic (exact) mass is 258 g/mol. The predicted molar refractivity (Wildman–Crippen MR) is 73.4 cm³/mol. The third kappa shape index (κ3) is 2.96. The summed E-state index contributed by atoms with van der Waals surface area (Å²) in [5.41, 5.74) is 2.35. The molecule has 1 aromatic carbocycles. The molecule has 19 heavy (non-hydrogen) atoms. The van der Waals surface area contributed by atoms with E-state index in [0.717, 1.165) is 18.3 Å². The summed E-state index contributed by atoms with van der Waals surface area (Å²) in [4.78, 5) is 19.7. The molecule has 1 aliphatic rings. The molecule has 4 heteroatoms. The van der Waals surface area contributed by atoms with Gasteiger partial charge in [0.1, 0.15) is 0 Å². The number of para-hydroxylation sites is 1. The minimum Gasteiger partial charge on any atom is -0.361 e. The lowest BCUT2D eigenvalue weighted by molar-refractivity contribution is -0.173. The van der Waals surface area contributed by atoms with Gasteiger partial charge in [-0.05, 0) is 36.8 Å². The van der Waals surface area contributed by atoms with Gasteiger partial charge in [-0.25, -0.2) is 5.06 Å². The average Bonchev–Trinajstić information content (AvgIpc) is 3.19. The third-order valence-corrected chi connectivity index (χ3v) is 3.57. The highest BCUT2D eigenvalue weighted by molar-refractivity contribution is 5.83. The van der Waals surface area contributed by atoms with Gasteiger partial charge in [0.2, 0.25) is 6.41 Å². The van der Waals surface area contributed by atoms with Crippen molar-refractivity contribution in [2.75, 3.05) is 13.2 Å². The predicted octanol–water partition coefficient (Wildman–Crippen LogP) is 2.51. The molecule has 1 N–H and O–H groups in total. The molecule has 0 unspecified atom stereocenters. The number of H-pyrrole nitrogens is 1. The van der Waals surface area contributed by atoms with Gasteiger partial charge < -0.3 is 4.98 Å². The van der Waals surface area contributed by atoms with Crippen LogP contribution in [0.1, 0.15) is 18.4 Å². The van der Waals surface area contributed by atoms with E-state index < -0.39 is 0 Å². The summed E-state index contributed by atoms with van der Waals surface area (Å²) >= 11 is 0. The van der Waals surface area contributed by atoms with E-state index in [1.165, 1.54) is 28.9 Å². The van der Waals surface area contributed by atoms with Gasteiger partial charge in [0.15, 0.2) is 0 Å². The number of fused-ring (bicyclic) bond motifs is 1. The summed E-state index contributed by atoms with van der Waals surface area (Å²) in [6.45, 7) is 1.27. The molecule has 0 spiro atoms. The van der Waals surface area contributed by atoms with Gasteiger partial charge in [0.05, 0.1) is 13.2 Å². The molecule has 0 radical (unpaired) electrons. The maximum Gasteiger partial charge on any atom is 0.233 e. The van der Waals surface area contributed by atoms with E-state index in [1.807, 2.05) is 18.3 Å². The van der Waals surface area contributed by atoms with Crippen LogP contribution in [0, 0.1) is 5.92 Å². The van der Waals surface area contributed by atoms with Crippen LogP contribution in [0.4, 0.5) is 0 Å². The van der Waals surface area contributed by atoms with Crippen LogP contribution in [0.15, 0.2) is 30.5 Å². The molecule has 100 valence electrons. The molecular formula is C15H18N2O2. The Kier molecular flexibility index (Phi) is 3.51. The molecule has 4 nitrogen and oxygen atoms in total. The van der Waals surface area contributed by atoms with Crippen molar-refractivity contribution in [2.45, 2.75) is 19.3 Å². The van der Waals surface area contributed by atoms with E-state index in [4.69, 9.17) is 4.84 Å². The molecule has 1 heterocycles. The topological polar surface area (TPSA) is 45.3 Å². The molecule has 1 fully saturated rings. The highest BCUT2D eigenvalue weighted by Gasteiger charge is 2.22. The first-order valence-electron chi connectivity index (χ1n) is 6.76. The summed E-state index contributed by atoms with van der Waals surface area (Å²) in [5.74, 6) is 0.663. The lowest BCUT2D eigenvalue weighted by atomic mass is 10.1. The fraction of sp³-hybridized carbons (Fsp3) is 0.400. The molecule has 2 aromatic rings. The third-order valence-electron chi connectivity index (χ3n) is 3.57. The number of rotatable bonds is 7. The van der Waals surface area contributed by atoms with Crippen molar-refractivity contribution in [2.24, 2.45) is 5.92 Å². The van der Waals surface area contributed by atoms with Gasteiger partial charge in [-0.15, -0.1) is 0 Å². The molecule has 1 aromatic heterocycles. The first-order valence-corrected chi connectivity index (χ1v) is 6.76. The molecule has 0 bridgehead atoms. The molecule has 1 aliphatic carbocycles. The molecule has 0 saturated heterocycles. The molecule has 0 atom stereocenters. The SMILES string of the molecule is O=CN(CCc1c[nH]c2ccccc12)OCC1CC1. The van der Waals surface area contributed by atoms with E-state index in [0.29, 0.717) is 19.1 Å². The number of amides is 1. The van der Waals surface area contributed by atoms with Crippen molar-refractivity contribution in [3.63, 3.8) is 0 Å². The Bertz CT molecular complexity index is 560. The number of hydrogen-bond donors (Lipinski definition) is 1. The fourth-order valence-corrected chi connectivity index (χ4v) is 2.20. The summed E-state index contributed by atoms with van der Waals surface area (Å²) in [7, 11) is 0. The second kappa shape index (κ2) is 5.45. The van der Waals surface area contributed by atoms with Crippen molar-refractivity contribution in [1.29, 1.82) is 0 Å². The average molecular weight is 258 g/mol. The number of nitrogens with zero attached hydrogens (tertiary/aromatic N) is 1. The highest BCUT2D eigenvalue weighted by Crippen LogP contribution is 2.29. The zero-order chi connectivity index (χ0) is 13.1. The largest absolute Gasteiger partial charge is 0.361 e. The number of nitrogens with one attached hydrogen (secondary N) is 1. The number of carbonyl (C=O) groups excluding carboxylic acids is 1. The standard InChI is InChI=1S/C15H18N2O2/c18-11-17(19-10-12-5-6-12)8-7-13-9-16-15-4-2-1-3-14(13)15/h1-4,9,11-12,16H,5-8,10H2. The maximum atomic E-state index is 11.0. The molecule has 1 saturated carbocycles. The zero-order valence-corrected chi connectivity index (χ0v) is 10.8. The van der Waals surface area contributed by atoms with Gasteiger partial charge in [-0.1, -0.05) is 18.2 Å². The molecule has 3 rings (SSSR count). The van der Waals surface area contributed by atoms with Gasteiger partial charge >= 0.3 is 0 Å². The minimum absolute atomic E-state index is 0.595. The lowest BCUT2D eigenvalue weighted by Crippen LogP contribution is -2.25. The number of hydrogen-bond acceptors (Lipinski definition) is 2. The summed E-state index contributed by atoms with van der Waals surface area (Å²) in [5, 5.41) is 2.63. The number of carbonyl (C=O) groups is 1. The van der Waals surface area contributed by atoms with Crippen molar-refractivity contribution in [1.82, 2.24) is 10.0 Å². The number of aromatic nitrogens is 1. The smallest absolute Gasteiger partial charge is 0.233 e. The number of hydroxylamine groups is 2. The van der Waals surface area contributed by atoms with Crippen LogP contribution in [-0.4, -0.2) is 29.6 Å². The first kappa shape index (κ1) is 12.2. The Labute approximate surface area is 112 Å². The van der Waals surface area contributed by atoms with E-state index >= 15 is 0 Å². The fourth-order valence-electron chi connectivity index (χ4n) is 2.20. The van der Waals surface area contributed by atoms with E-state index in [1.54, 1.807) is 0 Å². The van der Waals surface area contributed by atoms with Crippen LogP contribution in [0.3, 0.4) is 0 Å². The minimum atomic E-state index is 0.595. The Hall–Kier alpha value is -1.81. The summed E-state index contributed by atoms with van der Waals surface area (Å²) in [6, 6.07) is 8.19. The van der Waals surface area contributed by atoms with Crippen LogP contribution in [0.2, 0.25) is 0 Å². The Morgan fingerprint density at radius 2 is 2.21 bits per heavy atom. The Morgan fingerprint density at radius 3 is 3.00 bits per heavy atom. The van der Waals surface area contributed by atoms with Crippen molar-refractivity contribution < 1.29 is 9.63 Å². The molecular weight excluding hydrogens is 240 g/mol. The van der Waals surface area contributed by atoms with Crippen LogP contribution in [-0.2, 0) is 16.1 Å². The van der Waals surface area contributed by atoms with E-state index in [9.17, 15) is 4.79 Å². The van der Waals surface area contributed by atoms with Gasteiger partial charge in [0, 0.05) is 17.1 Å². The first-order chi connectivity index (χ1) is 9.36. The van der Waals surface area contributed by atoms with E-state index in [2.05, 4.69) is 17.1 Å². The second-order valence-electron chi connectivity index (χ2n) is 5.09. The Morgan fingerprint density at radius 1 is 1.37 bits per heavy atom. The van der Waals surface area contributed by atoms with Crippen molar-refractivity contribution >= 4 is 17.3 Å². The van der Waals surface area contributed by atoms with Gasteiger partial charge in [0.25, 0.3) is 0 Å². The maximum absolute atomic E-state index is 11.0. The quantitative estimate of drug-likeness (QED) is 0.612. The van der Waals surface area contributed by atoms with Crippen LogP contribution < -0.4 is 0 Å². The molecule has 1 amide bonds. The van der Waals surface area contributed by atoms with Crippen molar-refractivity contribution in [3.05, 3.63) is 36.0 Å². The summed E-state index contributed by atoms with van der Waals surface area (Å²) < 4.78 is 0. The second-order valence-corrected chi connectivity index (χ2v) is 5.09. The molecule has 0 aliphatic heterocycles. The van der Waals surface area contributed by atoms with Crippen LogP contribution >= 0.6 is 0 Å². The van der Waals surface area contributed by atoms with Crippen molar-refractivity contribution in [3.8, 4) is 0 Å². The number of aromatic amines is 1. The highest BCUT2D eigenvalue weighted by atomic mass is 16.7. The van der Waals surface area contributed by atoms with Crippen LogP contribution in [0.25, 0.3) is 10.9 Å². The normalized spacial score (nSPS) is 14.7. The summed E-state index contributed by atoms with van der Waals surface area (Å²) in [6.07, 6.45) is 6.05. The van der Waals surface area contributed by atoms with Gasteiger partial charge in [-0.2, -0.15) is 0 Å². The Balaban J connectivity index is 1.59. The van der Waals surface area contributed by atoms with Crippen LogP contribution in [0.5, 0.6) is 0 Å². The number of benzene rings is 1. The van der Waals surface area contributed by atoms with Gasteiger partial charge in [-0.3, -0.25) is 9.63 Å². The van der Waals surface area contributed by atoms with E-state index in [-0.39, 0.29) is 0 Å². The zero-order valence-electron chi connectivity index (χ0n) is 10.8. The lowest BCUT2D eigenvalue weighted by Gasteiger charge is -2.16.